The zero-order chi connectivity index (χ0) is 4.28. The van der Waals surface area contributed by atoms with Gasteiger partial charge in [-0.1, -0.05) is 12.2 Å². The van der Waals surface area contributed by atoms with Gasteiger partial charge in [0.25, 0.3) is 0 Å². The normalized spacial score (nSPS) is 6.80. The van der Waals surface area contributed by atoms with Crippen molar-refractivity contribution in [2.75, 3.05) is 7.05 Å². The fraction of sp³-hybridized carbons (Fsp3) is 0.667. The van der Waals surface area contributed by atoms with E-state index >= 15 is 0 Å². The van der Waals surface area contributed by atoms with E-state index in [1.54, 1.807) is 0 Å². The van der Waals surface area contributed by atoms with Crippen LogP contribution in [0.4, 0.5) is 0 Å². The highest BCUT2D eigenvalue weighted by Gasteiger charge is 1.66. The van der Waals surface area contributed by atoms with Crippen molar-refractivity contribution in [1.82, 2.24) is 5.32 Å². The summed E-state index contributed by atoms with van der Waals surface area (Å²) in [5.74, 6) is 0. The van der Waals surface area contributed by atoms with Crippen molar-refractivity contribution >= 4 is 17.2 Å². The van der Waals surface area contributed by atoms with Gasteiger partial charge in [0, 0.05) is 8.47 Å². The van der Waals surface area contributed by atoms with Crippen LogP contribution in [0, 0.1) is 0 Å². The number of hydrogen-bond donors (Lipinski definition) is 1. The second kappa shape index (κ2) is 2.15. The summed E-state index contributed by atoms with van der Waals surface area (Å²) in [6.07, 6.45) is 0. The van der Waals surface area contributed by atoms with Crippen LogP contribution in [0.5, 0.6) is 0 Å². The van der Waals surface area contributed by atoms with Crippen molar-refractivity contribution in [2.24, 2.45) is 0 Å². The summed E-state index contributed by atoms with van der Waals surface area (Å²) >= 11 is 4.59. The molecule has 0 bridgehead atoms. The molecule has 0 saturated carbocycles. The van der Waals surface area contributed by atoms with Crippen LogP contribution in [0.2, 0.25) is 0 Å². The molecule has 0 aromatic rings. The standard InChI is InChI=1S/C3H7NS.H2/c1-3(5)4-2;/h1-2H3,(H,4,5);1H. The molecule has 2 heteroatoms. The second-order valence-corrected chi connectivity index (χ2v) is 1.42. The third kappa shape index (κ3) is 3.89. The van der Waals surface area contributed by atoms with Gasteiger partial charge >= 0.3 is 0 Å². The topological polar surface area (TPSA) is 12.0 Å². The lowest BCUT2D eigenvalue weighted by Crippen LogP contribution is -2.09. The van der Waals surface area contributed by atoms with Crippen LogP contribution in [0.3, 0.4) is 0 Å². The molecule has 32 valence electrons. The van der Waals surface area contributed by atoms with Crippen LogP contribution < -0.4 is 5.32 Å². The van der Waals surface area contributed by atoms with Gasteiger partial charge in [-0.3, -0.25) is 0 Å². The molecule has 0 radical (unpaired) electrons. The van der Waals surface area contributed by atoms with Crippen molar-refractivity contribution in [2.45, 2.75) is 6.92 Å². The maximum Gasteiger partial charge on any atom is 0.0719 e. The van der Waals surface area contributed by atoms with E-state index in [0.717, 1.165) is 4.99 Å². The minimum Gasteiger partial charge on any atom is -0.383 e. The molecule has 0 atom stereocenters. The Hall–Kier alpha value is -0.110. The van der Waals surface area contributed by atoms with E-state index < -0.39 is 0 Å². The Balaban J connectivity index is 0. The van der Waals surface area contributed by atoms with E-state index in [1.165, 1.54) is 0 Å². The Kier molecular flexibility index (Phi) is 2.10. The van der Waals surface area contributed by atoms with Crippen LogP contribution in [0.25, 0.3) is 0 Å². The molecule has 1 nitrogen and oxygen atoms in total. The molecule has 0 rings (SSSR count). The SMILES string of the molecule is CNC(C)=S.[HH]. The minimum atomic E-state index is 0. The smallest absolute Gasteiger partial charge is 0.0719 e. The van der Waals surface area contributed by atoms with Gasteiger partial charge in [-0.05, 0) is 6.92 Å². The Labute approximate surface area is 38.9 Å². The molecule has 0 saturated heterocycles. The molecule has 0 aromatic carbocycles. The molecular formula is C3H9NS. The van der Waals surface area contributed by atoms with E-state index in [1.807, 2.05) is 14.0 Å². The van der Waals surface area contributed by atoms with Gasteiger partial charge in [0.05, 0.1) is 4.99 Å². The molecule has 1 N–H and O–H groups in total. The van der Waals surface area contributed by atoms with Crippen molar-refractivity contribution < 1.29 is 1.43 Å². The lowest BCUT2D eigenvalue weighted by molar-refractivity contribution is 1.20. The first-order valence-corrected chi connectivity index (χ1v) is 1.86. The van der Waals surface area contributed by atoms with Crippen LogP contribution in [-0.2, 0) is 0 Å². The van der Waals surface area contributed by atoms with Crippen molar-refractivity contribution in [3.63, 3.8) is 0 Å². The fourth-order valence-electron chi connectivity index (χ4n) is 0. The van der Waals surface area contributed by atoms with Gasteiger partial charge in [-0.2, -0.15) is 0 Å². The highest BCUT2D eigenvalue weighted by atomic mass is 32.1. The van der Waals surface area contributed by atoms with Gasteiger partial charge < -0.3 is 5.32 Å². The summed E-state index contributed by atoms with van der Waals surface area (Å²) in [5, 5.41) is 2.76. The van der Waals surface area contributed by atoms with Crippen molar-refractivity contribution in [3.05, 3.63) is 0 Å². The summed E-state index contributed by atoms with van der Waals surface area (Å²) in [7, 11) is 1.81. The number of nitrogens with one attached hydrogen (secondary N) is 1. The minimum absolute atomic E-state index is 0. The second-order valence-electron chi connectivity index (χ2n) is 0.806. The van der Waals surface area contributed by atoms with E-state index in [0.29, 0.717) is 0 Å². The van der Waals surface area contributed by atoms with Crippen LogP contribution >= 0.6 is 12.2 Å². The van der Waals surface area contributed by atoms with Crippen LogP contribution in [0.1, 0.15) is 8.35 Å². The third-order valence-corrected chi connectivity index (χ3v) is 0.556. The number of thiocarbonyl (C=S) groups is 1. The Morgan fingerprint density at radius 2 is 2.20 bits per heavy atom. The Morgan fingerprint density at radius 1 is 2.00 bits per heavy atom. The Bertz CT molecular complexity index is 46.1. The molecule has 0 spiro atoms. The summed E-state index contributed by atoms with van der Waals surface area (Å²) in [6.45, 7) is 1.84. The summed E-state index contributed by atoms with van der Waals surface area (Å²) < 4.78 is 0. The van der Waals surface area contributed by atoms with E-state index in [2.05, 4.69) is 17.5 Å². The summed E-state index contributed by atoms with van der Waals surface area (Å²) in [5.41, 5.74) is 0. The summed E-state index contributed by atoms with van der Waals surface area (Å²) in [6, 6.07) is 0. The molecule has 0 aliphatic heterocycles. The first kappa shape index (κ1) is 4.89. The quantitative estimate of drug-likeness (QED) is 0.442. The molecule has 0 amide bonds. The largest absolute Gasteiger partial charge is 0.383 e. The van der Waals surface area contributed by atoms with E-state index in [9.17, 15) is 0 Å². The number of hydrogen-bond acceptors (Lipinski definition) is 1. The van der Waals surface area contributed by atoms with E-state index in [4.69, 9.17) is 0 Å². The molecule has 0 fully saturated rings. The molecule has 0 unspecified atom stereocenters. The van der Waals surface area contributed by atoms with Gasteiger partial charge in [0.2, 0.25) is 0 Å². The van der Waals surface area contributed by atoms with Crippen molar-refractivity contribution in [3.8, 4) is 0 Å². The molecule has 0 aliphatic rings. The van der Waals surface area contributed by atoms with Crippen molar-refractivity contribution in [1.29, 1.82) is 0 Å². The maximum atomic E-state index is 4.59. The first-order chi connectivity index (χ1) is 2.27. The van der Waals surface area contributed by atoms with Gasteiger partial charge in [-0.15, -0.1) is 0 Å². The van der Waals surface area contributed by atoms with Gasteiger partial charge in [-0.25, -0.2) is 0 Å². The zero-order valence-electron chi connectivity index (χ0n) is 3.41. The average molecular weight is 91.2 g/mol. The lowest BCUT2D eigenvalue weighted by atomic mass is 10.8. The van der Waals surface area contributed by atoms with Gasteiger partial charge in [0.15, 0.2) is 0 Å². The van der Waals surface area contributed by atoms with Gasteiger partial charge in [0.1, 0.15) is 0 Å². The Morgan fingerprint density at radius 3 is 2.20 bits per heavy atom. The monoisotopic (exact) mass is 91.0 g/mol. The summed E-state index contributed by atoms with van der Waals surface area (Å²) in [4.78, 5) is 0.838. The predicted molar refractivity (Wildman–Crippen MR) is 29.4 cm³/mol. The van der Waals surface area contributed by atoms with Crippen LogP contribution in [0.15, 0.2) is 0 Å². The average Bonchev–Trinajstić information content (AvgIpc) is 1.38. The highest BCUT2D eigenvalue weighted by molar-refractivity contribution is 7.80. The number of rotatable bonds is 0. The molecule has 0 aliphatic carbocycles. The first-order valence-electron chi connectivity index (χ1n) is 1.45. The molecule has 0 aromatic heterocycles. The predicted octanol–water partition coefficient (Wildman–Crippen LogP) is 0.799. The zero-order valence-corrected chi connectivity index (χ0v) is 4.22. The fourth-order valence-corrected chi connectivity index (χ4v) is 0. The highest BCUT2D eigenvalue weighted by Crippen LogP contribution is 1.56. The molecule has 0 heterocycles. The van der Waals surface area contributed by atoms with E-state index in [-0.39, 0.29) is 1.43 Å². The molecule has 5 heavy (non-hydrogen) atoms. The third-order valence-electron chi connectivity index (χ3n) is 0.352. The van der Waals surface area contributed by atoms with Crippen LogP contribution in [-0.4, -0.2) is 12.0 Å². The molecular weight excluding hydrogens is 82.1 g/mol. The lowest BCUT2D eigenvalue weighted by Gasteiger charge is -1.84. The maximum absolute atomic E-state index is 4.59.